The van der Waals surface area contributed by atoms with Crippen LogP contribution < -0.4 is 0 Å². The molecule has 4 rings (SSSR count). The lowest BCUT2D eigenvalue weighted by Gasteiger charge is -2.58. The van der Waals surface area contributed by atoms with Crippen molar-refractivity contribution in [3.63, 3.8) is 0 Å². The van der Waals surface area contributed by atoms with E-state index in [1.807, 2.05) is 0 Å². The number of allylic oxidation sites excluding steroid dienone is 1. The Morgan fingerprint density at radius 1 is 1.12 bits per heavy atom. The molecule has 3 fully saturated rings. The van der Waals surface area contributed by atoms with Crippen LogP contribution in [0, 0.1) is 45.8 Å². The lowest BCUT2D eigenvalue weighted by Crippen LogP contribution is -2.51. The van der Waals surface area contributed by atoms with Crippen LogP contribution in [0.3, 0.4) is 0 Å². The highest BCUT2D eigenvalue weighted by atomic mass is 32.3. The first-order valence-corrected chi connectivity index (χ1v) is 14.4. The second-order valence-corrected chi connectivity index (χ2v) is 14.5. The van der Waals surface area contributed by atoms with Crippen LogP contribution in [0.2, 0.25) is 0 Å². The van der Waals surface area contributed by atoms with Gasteiger partial charge in [0.2, 0.25) is 0 Å². The molecule has 32 heavy (non-hydrogen) atoms. The minimum atomic E-state index is -4.38. The van der Waals surface area contributed by atoms with Gasteiger partial charge in [0.1, 0.15) is 0 Å². The number of hydrogen-bond donors (Lipinski definition) is 1. The largest absolute Gasteiger partial charge is 0.397 e. The fourth-order valence-electron chi connectivity index (χ4n) is 8.72. The Hall–Kier alpha value is -0.390. The molecule has 5 heteroatoms. The zero-order valence-electron chi connectivity index (χ0n) is 21.2. The van der Waals surface area contributed by atoms with Gasteiger partial charge in [-0.2, -0.15) is 8.42 Å². The van der Waals surface area contributed by atoms with Gasteiger partial charge in [-0.3, -0.25) is 4.55 Å². The highest BCUT2D eigenvalue weighted by Gasteiger charge is 2.59. The van der Waals surface area contributed by atoms with E-state index in [1.54, 1.807) is 0 Å². The summed E-state index contributed by atoms with van der Waals surface area (Å²) in [5.74, 6) is 3.95. The molecular weight excluding hydrogens is 420 g/mol. The van der Waals surface area contributed by atoms with E-state index < -0.39 is 16.5 Å². The topological polar surface area (TPSA) is 63.6 Å². The van der Waals surface area contributed by atoms with Gasteiger partial charge in [-0.15, -0.1) is 0 Å². The quantitative estimate of drug-likeness (QED) is 0.343. The SMILES string of the molecule is C[C@H](CCC(C)(C)C)[C@H]1CC[C@H]2[C@@H]3CC=C4C[C@@H](OS(=O)(=O)O)CC[C@]4(C)[C@H]3CC[C@]12C. The van der Waals surface area contributed by atoms with Crippen molar-refractivity contribution < 1.29 is 17.2 Å². The molecule has 0 aromatic heterocycles. The van der Waals surface area contributed by atoms with Gasteiger partial charge in [0.15, 0.2) is 0 Å². The van der Waals surface area contributed by atoms with Crippen LogP contribution in [-0.2, 0) is 14.6 Å². The summed E-state index contributed by atoms with van der Waals surface area (Å²) in [6, 6.07) is 0. The van der Waals surface area contributed by atoms with Gasteiger partial charge >= 0.3 is 10.4 Å². The van der Waals surface area contributed by atoms with Crippen LogP contribution in [-0.4, -0.2) is 19.1 Å². The summed E-state index contributed by atoms with van der Waals surface area (Å²) in [6.45, 7) is 14.7. The van der Waals surface area contributed by atoms with Gasteiger partial charge in [0.05, 0.1) is 6.10 Å². The summed E-state index contributed by atoms with van der Waals surface area (Å²) in [4.78, 5) is 0. The fraction of sp³-hybridized carbons (Fsp3) is 0.926. The Balaban J connectivity index is 1.49. The predicted molar refractivity (Wildman–Crippen MR) is 129 cm³/mol. The Labute approximate surface area is 196 Å². The molecule has 4 aliphatic rings. The first-order valence-electron chi connectivity index (χ1n) is 13.1. The lowest BCUT2D eigenvalue weighted by molar-refractivity contribution is -0.0564. The minimum absolute atomic E-state index is 0.166. The molecule has 3 saturated carbocycles. The van der Waals surface area contributed by atoms with Gasteiger partial charge < -0.3 is 0 Å². The van der Waals surface area contributed by atoms with Crippen LogP contribution in [0.15, 0.2) is 11.6 Å². The standard InChI is InChI=1S/C27H46O4S/c1-18(11-14-25(2,3)4)22-9-10-23-21-8-7-19-17-20(31-32(28,29)30)12-15-26(19,5)24(21)13-16-27(22,23)6/h7,18,20-24H,8-17H2,1-6H3,(H,28,29,30)/t18-,20+,21+,22-,23+,24+,26+,27-/m1/s1. The van der Waals surface area contributed by atoms with Gasteiger partial charge in [0, 0.05) is 0 Å². The average Bonchev–Trinajstić information content (AvgIpc) is 3.02. The normalized spacial score (nSPS) is 43.1. The van der Waals surface area contributed by atoms with Crippen LogP contribution in [0.1, 0.15) is 106 Å². The molecule has 1 N–H and O–H groups in total. The smallest absolute Gasteiger partial charge is 0.264 e. The van der Waals surface area contributed by atoms with E-state index in [1.165, 1.54) is 44.1 Å². The molecule has 0 aromatic carbocycles. The molecule has 0 aliphatic heterocycles. The van der Waals surface area contributed by atoms with Gasteiger partial charge in [-0.1, -0.05) is 53.2 Å². The lowest BCUT2D eigenvalue weighted by atomic mass is 9.47. The number of hydrogen-bond acceptors (Lipinski definition) is 3. The first kappa shape index (κ1) is 24.7. The van der Waals surface area contributed by atoms with Crippen molar-refractivity contribution in [3.8, 4) is 0 Å². The first-order chi connectivity index (χ1) is 14.7. The average molecular weight is 467 g/mol. The van der Waals surface area contributed by atoms with Crippen molar-refractivity contribution in [1.82, 2.24) is 0 Å². The molecule has 0 bridgehead atoms. The highest BCUT2D eigenvalue weighted by molar-refractivity contribution is 7.80. The Kier molecular flexibility index (Phi) is 6.47. The minimum Gasteiger partial charge on any atom is -0.264 e. The second kappa shape index (κ2) is 8.37. The third kappa shape index (κ3) is 4.60. The molecule has 0 unspecified atom stereocenters. The van der Waals surface area contributed by atoms with Crippen molar-refractivity contribution in [3.05, 3.63) is 11.6 Å². The summed E-state index contributed by atoms with van der Waals surface area (Å²) < 4.78 is 36.6. The van der Waals surface area contributed by atoms with Crippen molar-refractivity contribution in [2.24, 2.45) is 45.8 Å². The van der Waals surface area contributed by atoms with Gasteiger partial charge in [0.25, 0.3) is 0 Å². The van der Waals surface area contributed by atoms with E-state index in [0.29, 0.717) is 29.6 Å². The van der Waals surface area contributed by atoms with Crippen molar-refractivity contribution in [2.45, 2.75) is 112 Å². The van der Waals surface area contributed by atoms with Crippen LogP contribution in [0.4, 0.5) is 0 Å². The molecule has 184 valence electrons. The fourth-order valence-corrected chi connectivity index (χ4v) is 9.23. The summed E-state index contributed by atoms with van der Waals surface area (Å²) in [6.07, 6.45) is 13.6. The van der Waals surface area contributed by atoms with E-state index in [-0.39, 0.29) is 5.41 Å². The molecule has 0 amide bonds. The van der Waals surface area contributed by atoms with E-state index in [4.69, 9.17) is 8.74 Å². The molecule has 0 saturated heterocycles. The second-order valence-electron chi connectivity index (χ2n) is 13.5. The number of rotatable bonds is 5. The predicted octanol–water partition coefficient (Wildman–Crippen LogP) is 7.22. The maximum Gasteiger partial charge on any atom is 0.397 e. The maximum atomic E-state index is 11.2. The summed E-state index contributed by atoms with van der Waals surface area (Å²) in [5, 5.41) is 0. The van der Waals surface area contributed by atoms with E-state index in [0.717, 1.165) is 36.5 Å². The molecule has 4 nitrogen and oxygen atoms in total. The Bertz CT molecular complexity index is 840. The van der Waals surface area contributed by atoms with Gasteiger partial charge in [-0.05, 0) is 110 Å². The highest BCUT2D eigenvalue weighted by Crippen LogP contribution is 2.67. The Morgan fingerprint density at radius 3 is 2.50 bits per heavy atom. The molecule has 0 spiro atoms. The third-order valence-electron chi connectivity index (χ3n) is 10.4. The zero-order valence-corrected chi connectivity index (χ0v) is 22.0. The van der Waals surface area contributed by atoms with Crippen molar-refractivity contribution in [2.75, 3.05) is 0 Å². The number of fused-ring (bicyclic) bond motifs is 5. The van der Waals surface area contributed by atoms with Crippen molar-refractivity contribution in [1.29, 1.82) is 0 Å². The molecule has 0 heterocycles. The maximum absolute atomic E-state index is 11.2. The molecule has 4 aliphatic carbocycles. The third-order valence-corrected chi connectivity index (χ3v) is 10.9. The van der Waals surface area contributed by atoms with Crippen LogP contribution in [0.25, 0.3) is 0 Å². The Morgan fingerprint density at radius 2 is 1.84 bits per heavy atom. The van der Waals surface area contributed by atoms with E-state index in [2.05, 4.69) is 47.6 Å². The van der Waals surface area contributed by atoms with Crippen LogP contribution >= 0.6 is 0 Å². The zero-order chi connectivity index (χ0) is 23.5. The van der Waals surface area contributed by atoms with E-state index in [9.17, 15) is 8.42 Å². The van der Waals surface area contributed by atoms with Crippen molar-refractivity contribution >= 4 is 10.4 Å². The molecule has 8 atom stereocenters. The summed E-state index contributed by atoms with van der Waals surface area (Å²) >= 11 is 0. The van der Waals surface area contributed by atoms with E-state index >= 15 is 0 Å². The van der Waals surface area contributed by atoms with Gasteiger partial charge in [-0.25, -0.2) is 4.18 Å². The molecule has 0 radical (unpaired) electrons. The van der Waals surface area contributed by atoms with Crippen LogP contribution in [0.5, 0.6) is 0 Å². The summed E-state index contributed by atoms with van der Waals surface area (Å²) in [5.41, 5.74) is 2.45. The molecule has 0 aromatic rings. The molecular formula is C27H46O4S. The summed E-state index contributed by atoms with van der Waals surface area (Å²) in [7, 11) is -4.38. The monoisotopic (exact) mass is 466 g/mol.